The number of amides is 2. The predicted molar refractivity (Wildman–Crippen MR) is 86.2 cm³/mol. The lowest BCUT2D eigenvalue weighted by Gasteiger charge is -2.41. The largest absolute Gasteiger partial charge is 0.465 e. The number of nitrogens with zero attached hydrogens (tertiary/aromatic N) is 2. The van der Waals surface area contributed by atoms with Gasteiger partial charge in [0.2, 0.25) is 5.91 Å². The molecule has 1 fully saturated rings. The molecule has 24 heavy (non-hydrogen) atoms. The molecule has 1 N–H and O–H groups in total. The molecular formula is C17H23FN2O4. The average Bonchev–Trinajstić information content (AvgIpc) is 2.52. The van der Waals surface area contributed by atoms with Gasteiger partial charge < -0.3 is 14.7 Å². The zero-order chi connectivity index (χ0) is 17.9. The highest BCUT2D eigenvalue weighted by atomic mass is 19.1. The normalized spacial score (nSPS) is 16.6. The Balaban J connectivity index is 2.45. The van der Waals surface area contributed by atoms with Crippen molar-refractivity contribution in [1.29, 1.82) is 0 Å². The van der Waals surface area contributed by atoms with Crippen LogP contribution in [-0.4, -0.2) is 58.7 Å². The number of benzene rings is 1. The summed E-state index contributed by atoms with van der Waals surface area (Å²) in [6.07, 6.45) is -1.20. The van der Waals surface area contributed by atoms with Crippen molar-refractivity contribution in [2.75, 3.05) is 26.3 Å². The topological polar surface area (TPSA) is 70.1 Å². The minimum atomic E-state index is -1.20. The second-order valence-electron chi connectivity index (χ2n) is 6.72. The Morgan fingerprint density at radius 2 is 1.75 bits per heavy atom. The minimum absolute atomic E-state index is 0.317. The van der Waals surface area contributed by atoms with Crippen LogP contribution in [0.15, 0.2) is 24.3 Å². The summed E-state index contributed by atoms with van der Waals surface area (Å²) in [5.74, 6) is -0.754. The van der Waals surface area contributed by atoms with Gasteiger partial charge in [0.1, 0.15) is 11.9 Å². The first-order valence-electron chi connectivity index (χ1n) is 7.86. The molecule has 1 aliphatic rings. The summed E-state index contributed by atoms with van der Waals surface area (Å²) in [6, 6.07) is 4.36. The summed E-state index contributed by atoms with van der Waals surface area (Å²) in [5.41, 5.74) is -0.350. The van der Waals surface area contributed by atoms with Gasteiger partial charge in [0.25, 0.3) is 0 Å². The summed E-state index contributed by atoms with van der Waals surface area (Å²) in [7, 11) is 0. The molecule has 1 aromatic rings. The van der Waals surface area contributed by atoms with Crippen molar-refractivity contribution in [3.63, 3.8) is 0 Å². The predicted octanol–water partition coefficient (Wildman–Crippen LogP) is 2.50. The molecule has 1 heterocycles. The van der Waals surface area contributed by atoms with Gasteiger partial charge in [-0.1, -0.05) is 12.1 Å². The van der Waals surface area contributed by atoms with E-state index in [-0.39, 0.29) is 5.91 Å². The fraction of sp³-hybridized carbons (Fsp3) is 0.529. The fourth-order valence-electron chi connectivity index (χ4n) is 2.79. The Hall–Kier alpha value is -2.15. The highest BCUT2D eigenvalue weighted by Gasteiger charge is 2.40. The number of rotatable bonds is 3. The van der Waals surface area contributed by atoms with Crippen molar-refractivity contribution in [2.24, 2.45) is 0 Å². The third-order valence-corrected chi connectivity index (χ3v) is 3.93. The molecule has 1 unspecified atom stereocenters. The molecular weight excluding hydrogens is 315 g/mol. The maximum absolute atomic E-state index is 13.3. The van der Waals surface area contributed by atoms with E-state index in [1.807, 2.05) is 0 Å². The molecule has 2 amide bonds. The van der Waals surface area contributed by atoms with E-state index in [0.29, 0.717) is 31.9 Å². The van der Waals surface area contributed by atoms with Crippen LogP contribution >= 0.6 is 0 Å². The van der Waals surface area contributed by atoms with Crippen LogP contribution in [0.1, 0.15) is 32.4 Å². The number of carbonyl (C=O) groups is 2. The molecule has 0 bridgehead atoms. The molecule has 0 aromatic heterocycles. The maximum atomic E-state index is 13.3. The summed E-state index contributed by atoms with van der Waals surface area (Å²) in [6.45, 7) is 6.84. The molecule has 6 nitrogen and oxygen atoms in total. The molecule has 1 aliphatic heterocycles. The number of hydrogen-bond donors (Lipinski definition) is 1. The van der Waals surface area contributed by atoms with Crippen molar-refractivity contribution >= 4 is 12.0 Å². The van der Waals surface area contributed by atoms with Gasteiger partial charge in [-0.2, -0.15) is 0 Å². The van der Waals surface area contributed by atoms with E-state index >= 15 is 0 Å². The van der Waals surface area contributed by atoms with Gasteiger partial charge in [0.05, 0.1) is 13.2 Å². The molecule has 1 atom stereocenters. The lowest BCUT2D eigenvalue weighted by Crippen LogP contribution is -2.54. The van der Waals surface area contributed by atoms with Crippen molar-refractivity contribution in [1.82, 2.24) is 9.80 Å². The quantitative estimate of drug-likeness (QED) is 0.919. The molecule has 132 valence electrons. The van der Waals surface area contributed by atoms with Gasteiger partial charge in [-0.05, 0) is 38.5 Å². The summed E-state index contributed by atoms with van der Waals surface area (Å²) >= 11 is 0. The Morgan fingerprint density at radius 1 is 1.21 bits per heavy atom. The van der Waals surface area contributed by atoms with E-state index in [1.165, 1.54) is 24.3 Å². The lowest BCUT2D eigenvalue weighted by molar-refractivity contribution is -0.142. The van der Waals surface area contributed by atoms with E-state index in [2.05, 4.69) is 0 Å². The van der Waals surface area contributed by atoms with Crippen LogP contribution in [0.5, 0.6) is 0 Å². The minimum Gasteiger partial charge on any atom is -0.465 e. The fourth-order valence-corrected chi connectivity index (χ4v) is 2.79. The monoisotopic (exact) mass is 338 g/mol. The second-order valence-corrected chi connectivity index (χ2v) is 6.72. The van der Waals surface area contributed by atoms with Gasteiger partial charge >= 0.3 is 6.09 Å². The van der Waals surface area contributed by atoms with Crippen LogP contribution in [0, 0.1) is 5.82 Å². The van der Waals surface area contributed by atoms with Crippen LogP contribution in [-0.2, 0) is 9.53 Å². The molecule has 0 spiro atoms. The van der Waals surface area contributed by atoms with E-state index in [9.17, 15) is 19.1 Å². The van der Waals surface area contributed by atoms with Crippen LogP contribution < -0.4 is 0 Å². The van der Waals surface area contributed by atoms with Gasteiger partial charge in [-0.15, -0.1) is 0 Å². The van der Waals surface area contributed by atoms with E-state index in [4.69, 9.17) is 4.74 Å². The van der Waals surface area contributed by atoms with E-state index in [1.54, 1.807) is 25.7 Å². The van der Waals surface area contributed by atoms with Crippen LogP contribution in [0.25, 0.3) is 0 Å². The molecule has 7 heteroatoms. The molecule has 0 radical (unpaired) electrons. The molecule has 2 rings (SSSR count). The van der Waals surface area contributed by atoms with Crippen molar-refractivity contribution < 1.29 is 23.8 Å². The zero-order valence-corrected chi connectivity index (χ0v) is 14.2. The first kappa shape index (κ1) is 18.2. The third-order valence-electron chi connectivity index (χ3n) is 3.93. The first-order chi connectivity index (χ1) is 11.2. The Labute approximate surface area is 140 Å². The van der Waals surface area contributed by atoms with Crippen LogP contribution in [0.4, 0.5) is 9.18 Å². The number of ether oxygens (including phenoxy) is 1. The van der Waals surface area contributed by atoms with Crippen molar-refractivity contribution in [3.05, 3.63) is 35.6 Å². The molecule has 0 aliphatic carbocycles. The zero-order valence-electron chi connectivity index (χ0n) is 14.2. The summed E-state index contributed by atoms with van der Waals surface area (Å²) < 4.78 is 18.5. The highest BCUT2D eigenvalue weighted by Crippen LogP contribution is 2.30. The van der Waals surface area contributed by atoms with Gasteiger partial charge in [-0.3, -0.25) is 9.69 Å². The van der Waals surface area contributed by atoms with Crippen LogP contribution in [0.2, 0.25) is 0 Å². The SMILES string of the molecule is CC(C)(C)N(C(=O)O)C(C(=O)N1CCOCC1)c1ccc(F)cc1. The lowest BCUT2D eigenvalue weighted by atomic mass is 9.97. The molecule has 1 saturated heterocycles. The standard InChI is InChI=1S/C17H23FN2O4/c1-17(2,3)20(16(22)23)14(12-4-6-13(18)7-5-12)15(21)19-8-10-24-11-9-19/h4-7,14H,8-11H2,1-3H3,(H,22,23). The maximum Gasteiger partial charge on any atom is 0.408 e. The van der Waals surface area contributed by atoms with Crippen molar-refractivity contribution in [2.45, 2.75) is 32.4 Å². The molecule has 1 aromatic carbocycles. The number of halogens is 1. The Kier molecular flexibility index (Phi) is 5.43. The number of carboxylic acid groups (broad SMARTS) is 1. The highest BCUT2D eigenvalue weighted by molar-refractivity contribution is 5.87. The van der Waals surface area contributed by atoms with Gasteiger partial charge in [0, 0.05) is 18.6 Å². The Morgan fingerprint density at radius 3 is 2.21 bits per heavy atom. The summed E-state index contributed by atoms with van der Waals surface area (Å²) in [4.78, 5) is 27.6. The molecule has 0 saturated carbocycles. The Bertz CT molecular complexity index is 592. The average molecular weight is 338 g/mol. The van der Waals surface area contributed by atoms with Gasteiger partial charge in [0.15, 0.2) is 0 Å². The van der Waals surface area contributed by atoms with E-state index in [0.717, 1.165) is 4.90 Å². The second kappa shape index (κ2) is 7.17. The smallest absolute Gasteiger partial charge is 0.408 e. The number of hydrogen-bond acceptors (Lipinski definition) is 3. The number of morpholine rings is 1. The summed E-state index contributed by atoms with van der Waals surface area (Å²) in [5, 5.41) is 9.70. The third kappa shape index (κ3) is 4.03. The van der Waals surface area contributed by atoms with E-state index < -0.39 is 23.5 Å². The van der Waals surface area contributed by atoms with Gasteiger partial charge in [-0.25, -0.2) is 9.18 Å². The first-order valence-corrected chi connectivity index (χ1v) is 7.86. The van der Waals surface area contributed by atoms with Crippen molar-refractivity contribution in [3.8, 4) is 0 Å². The number of carbonyl (C=O) groups excluding carboxylic acids is 1. The van der Waals surface area contributed by atoms with Crippen LogP contribution in [0.3, 0.4) is 0 Å².